The monoisotopic (exact) mass is 168 g/mol. The van der Waals surface area contributed by atoms with E-state index in [1.54, 1.807) is 18.4 Å². The molecular weight excluding hydrogens is 156 g/mol. The van der Waals surface area contributed by atoms with Gasteiger partial charge in [0, 0.05) is 12.5 Å². The molecule has 2 atom stereocenters. The molecule has 2 heterocycles. The van der Waals surface area contributed by atoms with E-state index in [1.165, 1.54) is 0 Å². The fourth-order valence-electron chi connectivity index (χ4n) is 1.49. The van der Waals surface area contributed by atoms with E-state index in [2.05, 4.69) is 0 Å². The van der Waals surface area contributed by atoms with Crippen LogP contribution in [0, 0.1) is 5.92 Å². The number of aliphatic hydroxyl groups excluding tert-OH is 1. The molecule has 0 spiro atoms. The third kappa shape index (κ3) is 1.38. The van der Waals surface area contributed by atoms with Gasteiger partial charge in [0.25, 0.3) is 0 Å². The zero-order valence-electron chi connectivity index (χ0n) is 6.77. The quantitative estimate of drug-likeness (QED) is 0.724. The average molecular weight is 168 g/mol. The van der Waals surface area contributed by atoms with Crippen LogP contribution in [0.25, 0.3) is 0 Å². The van der Waals surface area contributed by atoms with E-state index in [0.717, 1.165) is 13.0 Å². The van der Waals surface area contributed by atoms with Crippen LogP contribution in [0.5, 0.6) is 0 Å². The number of aliphatic hydroxyl groups is 1. The van der Waals surface area contributed by atoms with Crippen molar-refractivity contribution in [1.82, 2.24) is 0 Å². The second kappa shape index (κ2) is 3.29. The Morgan fingerprint density at radius 3 is 3.08 bits per heavy atom. The molecule has 1 saturated heterocycles. The molecule has 3 nitrogen and oxygen atoms in total. The number of rotatable bonds is 2. The number of hydrogen-bond donors (Lipinski definition) is 1. The Kier molecular flexibility index (Phi) is 2.15. The van der Waals surface area contributed by atoms with Crippen molar-refractivity contribution in [2.24, 2.45) is 5.92 Å². The van der Waals surface area contributed by atoms with Gasteiger partial charge < -0.3 is 14.3 Å². The van der Waals surface area contributed by atoms with E-state index < -0.39 is 6.10 Å². The second-order valence-corrected chi connectivity index (χ2v) is 3.08. The minimum absolute atomic E-state index is 0.205. The predicted octanol–water partition coefficient (Wildman–Crippen LogP) is 1.35. The highest BCUT2D eigenvalue weighted by Crippen LogP contribution is 2.28. The molecule has 0 bridgehead atoms. The molecule has 1 aromatic heterocycles. The standard InChI is InChI=1S/C9H12O3/c10-9(7-3-5-11-6-7)8-2-1-4-12-8/h1-2,4,7,9-10H,3,5-6H2. The van der Waals surface area contributed by atoms with Crippen molar-refractivity contribution in [3.05, 3.63) is 24.2 Å². The summed E-state index contributed by atoms with van der Waals surface area (Å²) < 4.78 is 10.3. The first kappa shape index (κ1) is 7.83. The van der Waals surface area contributed by atoms with Gasteiger partial charge in [0.1, 0.15) is 11.9 Å². The number of ether oxygens (including phenoxy) is 1. The van der Waals surface area contributed by atoms with Gasteiger partial charge in [-0.25, -0.2) is 0 Å². The van der Waals surface area contributed by atoms with E-state index in [0.29, 0.717) is 12.4 Å². The lowest BCUT2D eigenvalue weighted by atomic mass is 10.0. The molecule has 0 amide bonds. The molecule has 12 heavy (non-hydrogen) atoms. The van der Waals surface area contributed by atoms with Crippen LogP contribution in [0.15, 0.2) is 22.8 Å². The average Bonchev–Trinajstić information content (AvgIpc) is 2.77. The lowest BCUT2D eigenvalue weighted by Gasteiger charge is -2.12. The maximum absolute atomic E-state index is 9.74. The normalized spacial score (nSPS) is 25.9. The van der Waals surface area contributed by atoms with E-state index in [1.807, 2.05) is 0 Å². The van der Waals surface area contributed by atoms with Crippen molar-refractivity contribution >= 4 is 0 Å². The van der Waals surface area contributed by atoms with Crippen molar-refractivity contribution in [1.29, 1.82) is 0 Å². The van der Waals surface area contributed by atoms with Gasteiger partial charge in [-0.15, -0.1) is 0 Å². The van der Waals surface area contributed by atoms with Crippen LogP contribution in [0.2, 0.25) is 0 Å². The van der Waals surface area contributed by atoms with Crippen LogP contribution < -0.4 is 0 Å². The lowest BCUT2D eigenvalue weighted by Crippen LogP contribution is -2.11. The lowest BCUT2D eigenvalue weighted by molar-refractivity contribution is 0.0739. The largest absolute Gasteiger partial charge is 0.467 e. The first-order valence-corrected chi connectivity index (χ1v) is 4.17. The fourth-order valence-corrected chi connectivity index (χ4v) is 1.49. The van der Waals surface area contributed by atoms with E-state index >= 15 is 0 Å². The Morgan fingerprint density at radius 2 is 2.50 bits per heavy atom. The Hall–Kier alpha value is -0.800. The van der Waals surface area contributed by atoms with Gasteiger partial charge in [-0.3, -0.25) is 0 Å². The third-order valence-corrected chi connectivity index (χ3v) is 2.25. The predicted molar refractivity (Wildman–Crippen MR) is 42.6 cm³/mol. The zero-order valence-corrected chi connectivity index (χ0v) is 6.77. The Bertz CT molecular complexity index is 224. The van der Waals surface area contributed by atoms with Crippen LogP contribution >= 0.6 is 0 Å². The highest BCUT2D eigenvalue weighted by Gasteiger charge is 2.26. The molecule has 3 heteroatoms. The maximum Gasteiger partial charge on any atom is 0.132 e. The van der Waals surface area contributed by atoms with Gasteiger partial charge >= 0.3 is 0 Å². The highest BCUT2D eigenvalue weighted by molar-refractivity contribution is 5.03. The minimum atomic E-state index is -0.498. The summed E-state index contributed by atoms with van der Waals surface area (Å²) in [6, 6.07) is 3.58. The molecule has 1 fully saturated rings. The van der Waals surface area contributed by atoms with Gasteiger partial charge in [0.15, 0.2) is 0 Å². The Morgan fingerprint density at radius 1 is 1.58 bits per heavy atom. The second-order valence-electron chi connectivity index (χ2n) is 3.08. The zero-order chi connectivity index (χ0) is 8.39. The minimum Gasteiger partial charge on any atom is -0.467 e. The van der Waals surface area contributed by atoms with Crippen molar-refractivity contribution in [2.45, 2.75) is 12.5 Å². The summed E-state index contributed by atoms with van der Waals surface area (Å²) in [5, 5.41) is 9.74. The SMILES string of the molecule is OC(c1ccco1)C1CCOC1. The molecule has 1 aromatic rings. The van der Waals surface area contributed by atoms with Gasteiger partial charge in [-0.1, -0.05) is 0 Å². The van der Waals surface area contributed by atoms with E-state index in [4.69, 9.17) is 9.15 Å². The summed E-state index contributed by atoms with van der Waals surface area (Å²) in [6.45, 7) is 1.39. The maximum atomic E-state index is 9.74. The van der Waals surface area contributed by atoms with Crippen LogP contribution in [-0.4, -0.2) is 18.3 Å². The molecule has 0 aliphatic carbocycles. The van der Waals surface area contributed by atoms with Crippen LogP contribution in [0.3, 0.4) is 0 Å². The Labute approximate surface area is 71.0 Å². The number of furan rings is 1. The van der Waals surface area contributed by atoms with Gasteiger partial charge in [-0.05, 0) is 18.6 Å². The summed E-state index contributed by atoms with van der Waals surface area (Å²) in [5.74, 6) is 0.849. The van der Waals surface area contributed by atoms with Gasteiger partial charge in [0.05, 0.1) is 12.9 Å². The van der Waals surface area contributed by atoms with Crippen LogP contribution in [0.4, 0.5) is 0 Å². The molecule has 0 radical (unpaired) electrons. The summed E-state index contributed by atoms with van der Waals surface area (Å²) in [5.41, 5.74) is 0. The molecule has 0 aromatic carbocycles. The van der Waals surface area contributed by atoms with E-state index in [9.17, 15) is 5.11 Å². The van der Waals surface area contributed by atoms with Crippen molar-refractivity contribution in [3.63, 3.8) is 0 Å². The third-order valence-electron chi connectivity index (χ3n) is 2.25. The first-order chi connectivity index (χ1) is 5.88. The molecular formula is C9H12O3. The first-order valence-electron chi connectivity index (χ1n) is 4.17. The van der Waals surface area contributed by atoms with Gasteiger partial charge in [0.2, 0.25) is 0 Å². The smallest absolute Gasteiger partial charge is 0.132 e. The molecule has 0 saturated carbocycles. The molecule has 66 valence electrons. The van der Waals surface area contributed by atoms with Crippen LogP contribution in [-0.2, 0) is 4.74 Å². The highest BCUT2D eigenvalue weighted by atomic mass is 16.5. The van der Waals surface area contributed by atoms with Crippen molar-refractivity contribution in [2.75, 3.05) is 13.2 Å². The molecule has 1 N–H and O–H groups in total. The summed E-state index contributed by atoms with van der Waals surface area (Å²) in [7, 11) is 0. The topological polar surface area (TPSA) is 42.6 Å². The van der Waals surface area contributed by atoms with Crippen molar-refractivity contribution in [3.8, 4) is 0 Å². The molecule has 1 aliphatic rings. The van der Waals surface area contributed by atoms with E-state index in [-0.39, 0.29) is 5.92 Å². The molecule has 2 rings (SSSR count). The number of hydrogen-bond acceptors (Lipinski definition) is 3. The van der Waals surface area contributed by atoms with Gasteiger partial charge in [-0.2, -0.15) is 0 Å². The Balaban J connectivity index is 2.04. The fraction of sp³-hybridized carbons (Fsp3) is 0.556. The molecule has 1 aliphatic heterocycles. The summed E-state index contributed by atoms with van der Waals surface area (Å²) in [4.78, 5) is 0. The summed E-state index contributed by atoms with van der Waals surface area (Å²) in [6.07, 6.45) is 2.00. The van der Waals surface area contributed by atoms with Crippen LogP contribution in [0.1, 0.15) is 18.3 Å². The summed E-state index contributed by atoms with van der Waals surface area (Å²) >= 11 is 0. The molecule has 2 unspecified atom stereocenters. The van der Waals surface area contributed by atoms with Crippen molar-refractivity contribution < 1.29 is 14.3 Å².